The van der Waals surface area contributed by atoms with Crippen LogP contribution in [0.4, 0.5) is 0 Å². The van der Waals surface area contributed by atoms with Crippen molar-refractivity contribution in [1.29, 1.82) is 0 Å². The number of hydrogen-bond acceptors (Lipinski definition) is 3. The standard InChI is InChI=1S/C11H22O3S/c1-9-4-5-10(2)11(12,8-9)6-7-15(3,13)14/h9-10,12H,4-8H2,1-3H3. The second-order valence-corrected chi connectivity index (χ2v) is 7.53. The van der Waals surface area contributed by atoms with Crippen LogP contribution in [0.25, 0.3) is 0 Å². The van der Waals surface area contributed by atoms with Crippen LogP contribution in [-0.2, 0) is 9.84 Å². The first-order valence-corrected chi connectivity index (χ1v) is 7.69. The summed E-state index contributed by atoms with van der Waals surface area (Å²) in [5.41, 5.74) is -0.763. The van der Waals surface area contributed by atoms with E-state index in [9.17, 15) is 13.5 Å². The van der Waals surface area contributed by atoms with Crippen LogP contribution >= 0.6 is 0 Å². The van der Waals surface area contributed by atoms with Gasteiger partial charge in [-0.1, -0.05) is 20.3 Å². The second-order valence-electron chi connectivity index (χ2n) is 5.27. The van der Waals surface area contributed by atoms with E-state index in [0.29, 0.717) is 12.3 Å². The molecule has 15 heavy (non-hydrogen) atoms. The fourth-order valence-corrected chi connectivity index (χ4v) is 3.14. The molecule has 3 atom stereocenters. The Labute approximate surface area is 92.8 Å². The minimum Gasteiger partial charge on any atom is -0.390 e. The summed E-state index contributed by atoms with van der Waals surface area (Å²) in [6.45, 7) is 4.14. The highest BCUT2D eigenvalue weighted by molar-refractivity contribution is 7.90. The van der Waals surface area contributed by atoms with Crippen molar-refractivity contribution in [1.82, 2.24) is 0 Å². The molecule has 4 heteroatoms. The topological polar surface area (TPSA) is 54.4 Å². The number of aliphatic hydroxyl groups is 1. The van der Waals surface area contributed by atoms with Gasteiger partial charge in [0.05, 0.1) is 11.4 Å². The van der Waals surface area contributed by atoms with Crippen molar-refractivity contribution < 1.29 is 13.5 Å². The van der Waals surface area contributed by atoms with Gasteiger partial charge in [0.2, 0.25) is 0 Å². The lowest BCUT2D eigenvalue weighted by Crippen LogP contribution is -2.43. The Kier molecular flexibility index (Phi) is 3.82. The van der Waals surface area contributed by atoms with E-state index < -0.39 is 15.4 Å². The molecular formula is C11H22O3S. The first kappa shape index (κ1) is 13.0. The Balaban J connectivity index is 2.63. The molecule has 1 saturated carbocycles. The fourth-order valence-electron chi connectivity index (χ4n) is 2.42. The third-order valence-electron chi connectivity index (χ3n) is 3.62. The lowest BCUT2D eigenvalue weighted by Gasteiger charge is -2.41. The van der Waals surface area contributed by atoms with Gasteiger partial charge in [0, 0.05) is 6.26 Å². The number of sulfone groups is 1. The molecule has 1 N–H and O–H groups in total. The van der Waals surface area contributed by atoms with Crippen LogP contribution in [0.2, 0.25) is 0 Å². The maximum absolute atomic E-state index is 11.1. The van der Waals surface area contributed by atoms with E-state index in [0.717, 1.165) is 19.3 Å². The van der Waals surface area contributed by atoms with Crippen molar-refractivity contribution >= 4 is 9.84 Å². The highest BCUT2D eigenvalue weighted by Gasteiger charge is 2.38. The van der Waals surface area contributed by atoms with Gasteiger partial charge in [0.25, 0.3) is 0 Å². The van der Waals surface area contributed by atoms with Crippen molar-refractivity contribution in [3.8, 4) is 0 Å². The molecule has 0 aromatic rings. The minimum atomic E-state index is -2.96. The van der Waals surface area contributed by atoms with Crippen LogP contribution in [0.1, 0.15) is 39.5 Å². The van der Waals surface area contributed by atoms with Crippen molar-refractivity contribution in [2.45, 2.75) is 45.1 Å². The van der Waals surface area contributed by atoms with E-state index in [2.05, 4.69) is 6.92 Å². The molecule has 0 aliphatic heterocycles. The summed E-state index contributed by atoms with van der Waals surface area (Å²) in [6, 6.07) is 0. The Morgan fingerprint density at radius 1 is 1.33 bits per heavy atom. The normalized spacial score (nSPS) is 37.9. The van der Waals surface area contributed by atoms with Gasteiger partial charge in [0.1, 0.15) is 9.84 Å². The zero-order valence-corrected chi connectivity index (χ0v) is 10.7. The molecule has 0 aromatic heterocycles. The molecule has 3 unspecified atom stereocenters. The first-order chi connectivity index (χ1) is 6.73. The fraction of sp³-hybridized carbons (Fsp3) is 1.00. The highest BCUT2D eigenvalue weighted by Crippen LogP contribution is 2.39. The predicted molar refractivity (Wildman–Crippen MR) is 61.5 cm³/mol. The molecule has 0 amide bonds. The van der Waals surface area contributed by atoms with Gasteiger partial charge >= 0.3 is 0 Å². The second kappa shape index (κ2) is 4.42. The molecule has 1 aliphatic carbocycles. The zero-order valence-electron chi connectivity index (χ0n) is 9.86. The van der Waals surface area contributed by atoms with Gasteiger partial charge < -0.3 is 5.11 Å². The molecule has 0 aromatic carbocycles. The van der Waals surface area contributed by atoms with E-state index in [-0.39, 0.29) is 11.7 Å². The maximum Gasteiger partial charge on any atom is 0.147 e. The third-order valence-corrected chi connectivity index (χ3v) is 4.56. The smallest absolute Gasteiger partial charge is 0.147 e. The predicted octanol–water partition coefficient (Wildman–Crippen LogP) is 1.61. The van der Waals surface area contributed by atoms with E-state index >= 15 is 0 Å². The Morgan fingerprint density at radius 2 is 1.93 bits per heavy atom. The summed E-state index contributed by atoms with van der Waals surface area (Å²) in [5, 5.41) is 10.4. The van der Waals surface area contributed by atoms with Gasteiger partial charge in [-0.25, -0.2) is 8.42 Å². The molecule has 1 fully saturated rings. The van der Waals surface area contributed by atoms with Gasteiger partial charge in [-0.05, 0) is 31.1 Å². The average Bonchev–Trinajstić information content (AvgIpc) is 2.08. The van der Waals surface area contributed by atoms with Gasteiger partial charge in [0.15, 0.2) is 0 Å². The average molecular weight is 234 g/mol. The molecular weight excluding hydrogens is 212 g/mol. The van der Waals surface area contributed by atoms with Crippen molar-refractivity contribution in [2.24, 2.45) is 11.8 Å². The largest absolute Gasteiger partial charge is 0.390 e. The first-order valence-electron chi connectivity index (χ1n) is 5.63. The SMILES string of the molecule is CC1CCC(C)C(O)(CCS(C)(=O)=O)C1. The molecule has 1 rings (SSSR count). The molecule has 0 heterocycles. The Bertz CT molecular complexity index is 310. The molecule has 1 aliphatic rings. The van der Waals surface area contributed by atoms with Crippen LogP contribution in [-0.4, -0.2) is 31.1 Å². The lowest BCUT2D eigenvalue weighted by molar-refractivity contribution is -0.0586. The molecule has 0 radical (unpaired) electrons. The summed E-state index contributed by atoms with van der Waals surface area (Å²) in [7, 11) is -2.96. The summed E-state index contributed by atoms with van der Waals surface area (Å²) in [6.07, 6.45) is 4.50. The molecule has 0 spiro atoms. The third kappa shape index (κ3) is 3.76. The van der Waals surface area contributed by atoms with E-state index in [1.54, 1.807) is 0 Å². The van der Waals surface area contributed by atoms with Gasteiger partial charge in [-0.3, -0.25) is 0 Å². The number of rotatable bonds is 3. The molecule has 3 nitrogen and oxygen atoms in total. The minimum absolute atomic E-state index is 0.0978. The molecule has 0 saturated heterocycles. The summed E-state index contributed by atoms with van der Waals surface area (Å²) in [4.78, 5) is 0. The monoisotopic (exact) mass is 234 g/mol. The van der Waals surface area contributed by atoms with Crippen LogP contribution < -0.4 is 0 Å². The van der Waals surface area contributed by atoms with E-state index in [1.807, 2.05) is 6.92 Å². The van der Waals surface area contributed by atoms with Crippen molar-refractivity contribution in [3.63, 3.8) is 0 Å². The molecule has 90 valence electrons. The van der Waals surface area contributed by atoms with Crippen molar-refractivity contribution in [2.75, 3.05) is 12.0 Å². The van der Waals surface area contributed by atoms with Gasteiger partial charge in [-0.2, -0.15) is 0 Å². The zero-order chi connectivity index (χ0) is 11.7. The van der Waals surface area contributed by atoms with Crippen LogP contribution in [0.5, 0.6) is 0 Å². The summed E-state index contributed by atoms with van der Waals surface area (Å²) >= 11 is 0. The summed E-state index contributed by atoms with van der Waals surface area (Å²) in [5.74, 6) is 0.821. The summed E-state index contributed by atoms with van der Waals surface area (Å²) < 4.78 is 22.2. The van der Waals surface area contributed by atoms with Crippen LogP contribution in [0.15, 0.2) is 0 Å². The molecule has 0 bridgehead atoms. The van der Waals surface area contributed by atoms with Crippen molar-refractivity contribution in [3.05, 3.63) is 0 Å². The quantitative estimate of drug-likeness (QED) is 0.807. The van der Waals surface area contributed by atoms with E-state index in [1.165, 1.54) is 6.26 Å². The van der Waals surface area contributed by atoms with Gasteiger partial charge in [-0.15, -0.1) is 0 Å². The van der Waals surface area contributed by atoms with Crippen LogP contribution in [0.3, 0.4) is 0 Å². The van der Waals surface area contributed by atoms with Crippen LogP contribution in [0, 0.1) is 11.8 Å². The highest BCUT2D eigenvalue weighted by atomic mass is 32.2. The number of hydrogen-bond donors (Lipinski definition) is 1. The van der Waals surface area contributed by atoms with E-state index in [4.69, 9.17) is 0 Å². The lowest BCUT2D eigenvalue weighted by atomic mass is 9.71. The maximum atomic E-state index is 11.1. The Morgan fingerprint density at radius 3 is 2.47 bits per heavy atom. The Hall–Kier alpha value is -0.0900.